The highest BCUT2D eigenvalue weighted by molar-refractivity contribution is 8.33. The number of amides is 1. The number of benzene rings is 1. The molecule has 1 N–H and O–H groups in total. The van der Waals surface area contributed by atoms with Crippen LogP contribution in [0.5, 0.6) is 5.88 Å². The number of sulfonamides is 1. The number of aromatic nitrogens is 3. The van der Waals surface area contributed by atoms with E-state index in [-0.39, 0.29) is 15.2 Å². The van der Waals surface area contributed by atoms with Crippen LogP contribution >= 0.6 is 10.0 Å². The summed E-state index contributed by atoms with van der Waals surface area (Å²) in [5.74, 6) is 0.879. The minimum Gasteiger partial charge on any atom is -0.467 e. The van der Waals surface area contributed by atoms with Crippen LogP contribution in [0, 0.1) is 0 Å². The Morgan fingerprint density at radius 2 is 1.74 bits per heavy atom. The molecule has 1 amide bonds. The second-order valence-corrected chi connectivity index (χ2v) is 15.5. The summed E-state index contributed by atoms with van der Waals surface area (Å²) in [6, 6.07) is 12.7. The van der Waals surface area contributed by atoms with Gasteiger partial charge >= 0.3 is 0 Å². The normalized spacial score (nSPS) is 12.9. The Hall–Kier alpha value is -2.85. The number of carbonyl (C=O) groups excluding carboxylic acids is 1. The third-order valence-corrected chi connectivity index (χ3v) is 11.1. The highest BCUT2D eigenvalue weighted by atomic mass is 32.3. The molecular formula is C24H32N4O4S2. The number of aryl methyl sites for hydroxylation is 1. The van der Waals surface area contributed by atoms with E-state index < -0.39 is 26.0 Å². The summed E-state index contributed by atoms with van der Waals surface area (Å²) in [7, 11) is -4.97. The first kappa shape index (κ1) is 25.8. The van der Waals surface area contributed by atoms with Crippen LogP contribution in [0.25, 0.3) is 5.82 Å². The summed E-state index contributed by atoms with van der Waals surface area (Å²) in [6.45, 7) is 8.49. The Bertz CT molecular complexity index is 1260. The van der Waals surface area contributed by atoms with Crippen LogP contribution < -0.4 is 9.46 Å². The number of hydrogen-bond donors (Lipinski definition) is 1. The first-order valence-electron chi connectivity index (χ1n) is 10.9. The topological polar surface area (TPSA) is 103 Å². The van der Waals surface area contributed by atoms with E-state index in [0.29, 0.717) is 29.8 Å². The maximum atomic E-state index is 12.8. The second-order valence-electron chi connectivity index (χ2n) is 9.28. The monoisotopic (exact) mass is 504 g/mol. The summed E-state index contributed by atoms with van der Waals surface area (Å²) in [4.78, 5) is 17.3. The van der Waals surface area contributed by atoms with Gasteiger partial charge in [0.1, 0.15) is 5.94 Å². The van der Waals surface area contributed by atoms with Crippen molar-refractivity contribution >= 4 is 26.0 Å². The fourth-order valence-corrected chi connectivity index (χ4v) is 4.58. The van der Waals surface area contributed by atoms with Crippen LogP contribution in [0.2, 0.25) is 0 Å². The van der Waals surface area contributed by atoms with Gasteiger partial charge in [0.2, 0.25) is 5.88 Å². The quantitative estimate of drug-likeness (QED) is 0.494. The Balaban J connectivity index is 1.77. The van der Waals surface area contributed by atoms with Gasteiger partial charge in [-0.05, 0) is 47.9 Å². The Morgan fingerprint density at radius 3 is 2.35 bits per heavy atom. The van der Waals surface area contributed by atoms with Crippen LogP contribution in [0.4, 0.5) is 0 Å². The standard InChI is InChI=1S/C24H32N4O4S2/c1-7-20-19(23(29)27-34(30,31)18-11-9-8-10-12-18)13-14-21(25-20)28-16-15-22(26-28)32-17-33(5,6)24(2,3)4/h8-16H,7,17H2,1-6H3,(H,27,29). The molecule has 0 saturated carbocycles. The average Bonchev–Trinajstić information content (AvgIpc) is 3.26. The number of nitrogens with one attached hydrogen (secondary N) is 1. The summed E-state index contributed by atoms with van der Waals surface area (Å²) < 4.78 is 34.9. The lowest BCUT2D eigenvalue weighted by molar-refractivity contribution is 0.0980. The Labute approximate surface area is 203 Å². The number of pyridine rings is 1. The van der Waals surface area contributed by atoms with Crippen LogP contribution in [0.1, 0.15) is 43.7 Å². The molecule has 0 fully saturated rings. The number of rotatable bonds is 8. The maximum absolute atomic E-state index is 12.8. The van der Waals surface area contributed by atoms with Gasteiger partial charge in [-0.25, -0.2) is 32.8 Å². The smallest absolute Gasteiger partial charge is 0.266 e. The van der Waals surface area contributed by atoms with Crippen LogP contribution in [-0.4, -0.2) is 52.3 Å². The summed E-state index contributed by atoms with van der Waals surface area (Å²) in [6.07, 6.45) is 6.66. The van der Waals surface area contributed by atoms with Crippen molar-refractivity contribution in [2.45, 2.75) is 43.8 Å². The molecule has 10 heteroatoms. The van der Waals surface area contributed by atoms with Crippen LogP contribution in [-0.2, 0) is 16.4 Å². The number of carbonyl (C=O) groups is 1. The molecule has 1 aromatic carbocycles. The van der Waals surface area contributed by atoms with Gasteiger partial charge < -0.3 is 4.74 Å². The molecule has 184 valence electrons. The molecule has 0 bridgehead atoms. The zero-order valence-corrected chi connectivity index (χ0v) is 22.0. The highest BCUT2D eigenvalue weighted by Crippen LogP contribution is 2.52. The van der Waals surface area contributed by atoms with Crippen molar-refractivity contribution in [1.29, 1.82) is 0 Å². The second kappa shape index (κ2) is 9.79. The van der Waals surface area contributed by atoms with Crippen molar-refractivity contribution < 1.29 is 17.9 Å². The first-order chi connectivity index (χ1) is 15.8. The lowest BCUT2D eigenvalue weighted by Crippen LogP contribution is -2.31. The minimum atomic E-state index is -3.98. The van der Waals surface area contributed by atoms with E-state index in [1.807, 2.05) is 6.92 Å². The fraction of sp³-hybridized carbons (Fsp3) is 0.375. The SMILES string of the molecule is CCc1nc(-n2ccc(OCS(C)(C)C(C)(C)C)n2)ccc1C(=O)NS(=O)(=O)c1ccccc1. The highest BCUT2D eigenvalue weighted by Gasteiger charge is 2.28. The summed E-state index contributed by atoms with van der Waals surface area (Å²) in [5, 5.41) is 4.46. The van der Waals surface area contributed by atoms with E-state index in [1.165, 1.54) is 12.1 Å². The van der Waals surface area contributed by atoms with Crippen LogP contribution in [0.15, 0.2) is 59.6 Å². The van der Waals surface area contributed by atoms with Gasteiger partial charge in [-0.1, -0.05) is 45.9 Å². The molecule has 2 aromatic heterocycles. The molecule has 0 spiro atoms. The third-order valence-electron chi connectivity index (χ3n) is 5.78. The third kappa shape index (κ3) is 5.79. The van der Waals surface area contributed by atoms with E-state index in [2.05, 4.69) is 48.1 Å². The van der Waals surface area contributed by atoms with Gasteiger partial charge in [0.15, 0.2) is 5.82 Å². The van der Waals surface area contributed by atoms with Crippen molar-refractivity contribution in [3.05, 3.63) is 66.0 Å². The molecule has 2 heterocycles. The van der Waals surface area contributed by atoms with Crippen molar-refractivity contribution in [2.75, 3.05) is 18.5 Å². The van der Waals surface area contributed by atoms with Crippen molar-refractivity contribution in [1.82, 2.24) is 19.5 Å². The van der Waals surface area contributed by atoms with Gasteiger partial charge in [0.05, 0.1) is 16.2 Å². The molecule has 0 unspecified atom stereocenters. The van der Waals surface area contributed by atoms with Crippen molar-refractivity contribution in [3.8, 4) is 11.7 Å². The Morgan fingerprint density at radius 1 is 1.06 bits per heavy atom. The van der Waals surface area contributed by atoms with E-state index in [0.717, 1.165) is 0 Å². The van der Waals surface area contributed by atoms with E-state index in [9.17, 15) is 13.2 Å². The van der Waals surface area contributed by atoms with Crippen molar-refractivity contribution in [3.63, 3.8) is 0 Å². The molecule has 0 saturated heterocycles. The van der Waals surface area contributed by atoms with Crippen LogP contribution in [0.3, 0.4) is 0 Å². The minimum absolute atomic E-state index is 0.0199. The molecule has 0 aliphatic carbocycles. The molecule has 0 radical (unpaired) electrons. The lowest BCUT2D eigenvalue weighted by Gasteiger charge is -2.43. The lowest BCUT2D eigenvalue weighted by atomic mass is 10.1. The number of hydrogen-bond acceptors (Lipinski definition) is 6. The zero-order chi connectivity index (χ0) is 25.1. The van der Waals surface area contributed by atoms with Gasteiger partial charge in [-0.3, -0.25) is 4.79 Å². The summed E-state index contributed by atoms with van der Waals surface area (Å²) >= 11 is 0. The van der Waals surface area contributed by atoms with E-state index in [1.54, 1.807) is 47.3 Å². The zero-order valence-electron chi connectivity index (χ0n) is 20.4. The molecule has 8 nitrogen and oxygen atoms in total. The predicted octanol–water partition coefficient (Wildman–Crippen LogP) is 4.15. The Kier molecular flexibility index (Phi) is 7.42. The first-order valence-corrected chi connectivity index (χ1v) is 15.0. The number of nitrogens with zero attached hydrogens (tertiary/aromatic N) is 3. The maximum Gasteiger partial charge on any atom is 0.266 e. The van der Waals surface area contributed by atoms with Gasteiger partial charge in [-0.15, -0.1) is 5.10 Å². The fourth-order valence-electron chi connectivity index (χ4n) is 2.83. The molecule has 0 aliphatic heterocycles. The van der Waals surface area contributed by atoms with Crippen molar-refractivity contribution in [2.24, 2.45) is 0 Å². The largest absolute Gasteiger partial charge is 0.467 e. The molecule has 3 rings (SSSR count). The van der Waals surface area contributed by atoms with E-state index >= 15 is 0 Å². The van der Waals surface area contributed by atoms with Gasteiger partial charge in [-0.2, -0.15) is 0 Å². The van der Waals surface area contributed by atoms with Gasteiger partial charge in [0, 0.05) is 12.3 Å². The molecule has 34 heavy (non-hydrogen) atoms. The molecule has 0 aliphatic rings. The predicted molar refractivity (Wildman–Crippen MR) is 137 cm³/mol. The number of ether oxygens (including phenoxy) is 1. The molecular weight excluding hydrogens is 472 g/mol. The molecule has 3 aromatic rings. The average molecular weight is 505 g/mol. The van der Waals surface area contributed by atoms with Gasteiger partial charge in [0.25, 0.3) is 15.9 Å². The van der Waals surface area contributed by atoms with E-state index in [4.69, 9.17) is 4.74 Å². The summed E-state index contributed by atoms with van der Waals surface area (Å²) in [5.41, 5.74) is 0.666. The molecule has 0 atom stereocenters.